The number of rotatable bonds is 5. The maximum atomic E-state index is 12.7. The van der Waals surface area contributed by atoms with Crippen LogP contribution in [-0.2, 0) is 14.9 Å². The molecule has 1 aliphatic rings. The average Bonchev–Trinajstić information content (AvgIpc) is 2.97. The monoisotopic (exact) mass is 441 g/mol. The van der Waals surface area contributed by atoms with Crippen LogP contribution < -0.4 is 20.1 Å². The summed E-state index contributed by atoms with van der Waals surface area (Å²) in [4.78, 5) is 29.0. The van der Waals surface area contributed by atoms with Crippen molar-refractivity contribution in [3.8, 4) is 17.4 Å². The molecule has 32 heavy (non-hydrogen) atoms. The van der Waals surface area contributed by atoms with Gasteiger partial charge >= 0.3 is 6.09 Å². The zero-order valence-electron chi connectivity index (χ0n) is 19.7. The summed E-state index contributed by atoms with van der Waals surface area (Å²) in [5.74, 6) is 1.50. The van der Waals surface area contributed by atoms with E-state index in [2.05, 4.69) is 29.5 Å². The Kier molecular flexibility index (Phi) is 6.09. The van der Waals surface area contributed by atoms with Gasteiger partial charge in [0.05, 0.1) is 18.5 Å². The number of benzene rings is 1. The highest BCUT2D eigenvalue weighted by atomic mass is 16.6. The number of carbonyl (C=O) groups excluding carboxylic acids is 2. The predicted octanol–water partition coefficient (Wildman–Crippen LogP) is 4.79. The summed E-state index contributed by atoms with van der Waals surface area (Å²) in [6.07, 6.45) is 0.837. The molecule has 3 rings (SSSR count). The number of ether oxygens (including phenoxy) is 3. The first-order valence-electron chi connectivity index (χ1n) is 10.5. The van der Waals surface area contributed by atoms with Crippen molar-refractivity contribution < 1.29 is 23.8 Å². The fraction of sp³-hybridized carbons (Fsp3) is 0.458. The second kappa shape index (κ2) is 8.33. The number of hydrogen-bond donors (Lipinski definition) is 2. The lowest BCUT2D eigenvalue weighted by Gasteiger charge is -2.27. The van der Waals surface area contributed by atoms with Crippen molar-refractivity contribution in [3.05, 3.63) is 42.1 Å². The fourth-order valence-corrected chi connectivity index (χ4v) is 3.24. The van der Waals surface area contributed by atoms with E-state index in [1.54, 1.807) is 46.8 Å². The quantitative estimate of drug-likeness (QED) is 0.692. The van der Waals surface area contributed by atoms with Crippen LogP contribution in [-0.4, -0.2) is 34.7 Å². The Morgan fingerprint density at radius 1 is 1.09 bits per heavy atom. The molecule has 0 saturated heterocycles. The van der Waals surface area contributed by atoms with Crippen molar-refractivity contribution in [2.75, 3.05) is 11.9 Å². The molecule has 2 N–H and O–H groups in total. The third-order valence-corrected chi connectivity index (χ3v) is 4.84. The van der Waals surface area contributed by atoms with E-state index in [1.807, 2.05) is 18.2 Å². The molecule has 0 bridgehead atoms. The Balaban J connectivity index is 1.65. The zero-order valence-corrected chi connectivity index (χ0v) is 19.7. The number of aromatic nitrogens is 1. The van der Waals surface area contributed by atoms with Crippen molar-refractivity contribution in [2.24, 2.45) is 0 Å². The molecular weight excluding hydrogens is 410 g/mol. The topological polar surface area (TPSA) is 98.8 Å². The van der Waals surface area contributed by atoms with Gasteiger partial charge < -0.3 is 24.8 Å². The van der Waals surface area contributed by atoms with E-state index in [9.17, 15) is 9.59 Å². The number of pyridine rings is 1. The minimum atomic E-state index is -1.19. The number of nitrogens with one attached hydrogen (secondary N) is 2. The highest BCUT2D eigenvalue weighted by Gasteiger charge is 2.35. The third kappa shape index (κ3) is 5.49. The summed E-state index contributed by atoms with van der Waals surface area (Å²) in [6, 6.07) is 9.05. The highest BCUT2D eigenvalue weighted by Crippen LogP contribution is 2.45. The molecule has 2 heterocycles. The third-order valence-electron chi connectivity index (χ3n) is 4.84. The lowest BCUT2D eigenvalue weighted by Crippen LogP contribution is -2.53. The van der Waals surface area contributed by atoms with E-state index in [0.29, 0.717) is 23.9 Å². The van der Waals surface area contributed by atoms with Crippen molar-refractivity contribution >= 4 is 17.7 Å². The number of anilines is 1. The van der Waals surface area contributed by atoms with Crippen LogP contribution in [0.4, 0.5) is 10.5 Å². The van der Waals surface area contributed by atoms with Gasteiger partial charge in [0.1, 0.15) is 22.6 Å². The Morgan fingerprint density at radius 2 is 1.81 bits per heavy atom. The van der Waals surface area contributed by atoms with Crippen LogP contribution in [0.25, 0.3) is 0 Å². The predicted molar refractivity (Wildman–Crippen MR) is 121 cm³/mol. The molecule has 0 unspecified atom stereocenters. The molecule has 0 atom stereocenters. The largest absolute Gasteiger partial charge is 0.492 e. The van der Waals surface area contributed by atoms with Crippen LogP contribution >= 0.6 is 0 Å². The van der Waals surface area contributed by atoms with E-state index in [-0.39, 0.29) is 5.41 Å². The van der Waals surface area contributed by atoms with Crippen LogP contribution in [0.2, 0.25) is 0 Å². The number of fused-ring (bicyclic) bond motifs is 1. The Labute approximate surface area is 188 Å². The summed E-state index contributed by atoms with van der Waals surface area (Å²) < 4.78 is 17.0. The van der Waals surface area contributed by atoms with Crippen LogP contribution in [0.5, 0.6) is 17.4 Å². The fourth-order valence-electron chi connectivity index (χ4n) is 3.24. The molecule has 172 valence electrons. The lowest BCUT2D eigenvalue weighted by molar-refractivity contribution is -0.121. The lowest BCUT2D eigenvalue weighted by atomic mass is 9.86. The smallest absolute Gasteiger partial charge is 0.408 e. The molecule has 2 aromatic rings. The van der Waals surface area contributed by atoms with Crippen molar-refractivity contribution in [1.82, 2.24) is 10.3 Å². The van der Waals surface area contributed by atoms with Gasteiger partial charge in [0.15, 0.2) is 0 Å². The standard InChI is InChI=1S/C24H31N3O5/c1-22(2,3)32-21(29)27-24(6,7)20(28)26-15-11-12-18(25-13-15)31-17-10-8-9-16-19(17)23(4,5)14-30-16/h8-13H,14H2,1-7H3,(H,26,28)(H,27,29). The average molecular weight is 442 g/mol. The van der Waals surface area contributed by atoms with E-state index in [4.69, 9.17) is 14.2 Å². The summed E-state index contributed by atoms with van der Waals surface area (Å²) in [6.45, 7) is 13.3. The first-order chi connectivity index (χ1) is 14.8. The van der Waals surface area contributed by atoms with Crippen molar-refractivity contribution in [1.29, 1.82) is 0 Å². The molecule has 0 saturated carbocycles. The molecule has 8 heteroatoms. The molecule has 0 spiro atoms. The van der Waals surface area contributed by atoms with Crippen LogP contribution in [0.3, 0.4) is 0 Å². The highest BCUT2D eigenvalue weighted by molar-refractivity contribution is 5.99. The Bertz CT molecular complexity index is 1010. The maximum Gasteiger partial charge on any atom is 0.408 e. The zero-order chi connectivity index (χ0) is 23.7. The minimum absolute atomic E-state index is 0.160. The maximum absolute atomic E-state index is 12.7. The van der Waals surface area contributed by atoms with Gasteiger partial charge in [-0.05, 0) is 52.8 Å². The number of alkyl carbamates (subject to hydrolysis) is 1. The van der Waals surface area contributed by atoms with Gasteiger partial charge in [0.2, 0.25) is 11.8 Å². The van der Waals surface area contributed by atoms with Crippen LogP contribution in [0.15, 0.2) is 36.5 Å². The van der Waals surface area contributed by atoms with Gasteiger partial charge in [0, 0.05) is 17.0 Å². The Hall–Kier alpha value is -3.29. The van der Waals surface area contributed by atoms with Crippen LogP contribution in [0.1, 0.15) is 54.0 Å². The molecule has 1 aromatic carbocycles. The molecule has 0 aliphatic carbocycles. The van der Waals surface area contributed by atoms with E-state index >= 15 is 0 Å². The van der Waals surface area contributed by atoms with Gasteiger partial charge in [-0.2, -0.15) is 0 Å². The number of carbonyl (C=O) groups is 2. The molecule has 8 nitrogen and oxygen atoms in total. The van der Waals surface area contributed by atoms with E-state index in [0.717, 1.165) is 11.3 Å². The normalized spacial score (nSPS) is 14.7. The summed E-state index contributed by atoms with van der Waals surface area (Å²) in [5.41, 5.74) is -0.519. The summed E-state index contributed by atoms with van der Waals surface area (Å²) >= 11 is 0. The second-order valence-electron chi connectivity index (χ2n) is 10.00. The SMILES string of the molecule is CC(C)(C)OC(=O)NC(C)(C)C(=O)Nc1ccc(Oc2cccc3c2C(C)(C)CO3)nc1. The van der Waals surface area contributed by atoms with Crippen molar-refractivity contribution in [2.45, 2.75) is 65.0 Å². The van der Waals surface area contributed by atoms with Crippen LogP contribution in [0, 0.1) is 0 Å². The van der Waals surface area contributed by atoms with Gasteiger partial charge in [-0.25, -0.2) is 9.78 Å². The van der Waals surface area contributed by atoms with E-state index < -0.39 is 23.1 Å². The molecule has 2 amide bonds. The van der Waals surface area contributed by atoms with Gasteiger partial charge in [-0.3, -0.25) is 4.79 Å². The molecular formula is C24H31N3O5. The molecule has 0 radical (unpaired) electrons. The van der Waals surface area contributed by atoms with Crippen molar-refractivity contribution in [3.63, 3.8) is 0 Å². The molecule has 0 fully saturated rings. The first-order valence-corrected chi connectivity index (χ1v) is 10.5. The van der Waals surface area contributed by atoms with Gasteiger partial charge in [-0.15, -0.1) is 0 Å². The molecule has 1 aliphatic heterocycles. The molecule has 1 aromatic heterocycles. The number of hydrogen-bond acceptors (Lipinski definition) is 6. The summed E-state index contributed by atoms with van der Waals surface area (Å²) in [5, 5.41) is 5.33. The van der Waals surface area contributed by atoms with Gasteiger partial charge in [0.25, 0.3) is 0 Å². The number of amides is 2. The second-order valence-corrected chi connectivity index (χ2v) is 10.00. The first kappa shape index (κ1) is 23.4. The summed E-state index contributed by atoms with van der Waals surface area (Å²) in [7, 11) is 0. The minimum Gasteiger partial charge on any atom is -0.492 e. The van der Waals surface area contributed by atoms with E-state index in [1.165, 1.54) is 6.20 Å². The number of nitrogens with zero attached hydrogens (tertiary/aromatic N) is 1. The Morgan fingerprint density at radius 3 is 2.44 bits per heavy atom. The van der Waals surface area contributed by atoms with Gasteiger partial charge in [-0.1, -0.05) is 19.9 Å².